The van der Waals surface area contributed by atoms with Crippen LogP contribution in [0.5, 0.6) is 0 Å². The maximum Gasteiger partial charge on any atom is 0.308 e. The van der Waals surface area contributed by atoms with Gasteiger partial charge in [0.1, 0.15) is 0 Å². The van der Waals surface area contributed by atoms with Crippen LogP contribution in [0, 0.1) is 5.92 Å². The van der Waals surface area contributed by atoms with Crippen molar-refractivity contribution in [1.82, 2.24) is 4.90 Å². The summed E-state index contributed by atoms with van der Waals surface area (Å²) < 4.78 is 4.72. The highest BCUT2D eigenvalue weighted by molar-refractivity contribution is 5.72. The van der Waals surface area contributed by atoms with Crippen molar-refractivity contribution >= 4 is 5.97 Å². The van der Waals surface area contributed by atoms with Crippen LogP contribution in [0.1, 0.15) is 19.3 Å². The Balaban J connectivity index is 2.40. The van der Waals surface area contributed by atoms with E-state index in [4.69, 9.17) is 4.74 Å². The van der Waals surface area contributed by atoms with Gasteiger partial charge >= 0.3 is 5.97 Å². The van der Waals surface area contributed by atoms with Crippen molar-refractivity contribution in [2.45, 2.75) is 19.3 Å². The smallest absolute Gasteiger partial charge is 0.308 e. The Labute approximate surface area is 73.7 Å². The quantitative estimate of drug-likeness (QED) is 0.549. The molecule has 1 heterocycles. The molecule has 0 aromatic carbocycles. The summed E-state index contributed by atoms with van der Waals surface area (Å²) in [4.78, 5) is 13.5. The molecule has 3 heteroatoms. The number of carbonyl (C=O) groups is 1. The van der Waals surface area contributed by atoms with Crippen LogP contribution in [0.3, 0.4) is 0 Å². The second-order valence-electron chi connectivity index (χ2n) is 3.45. The van der Waals surface area contributed by atoms with Crippen molar-refractivity contribution in [1.29, 1.82) is 0 Å². The molecule has 1 aliphatic rings. The lowest BCUT2D eigenvalue weighted by Gasteiger charge is -2.12. The largest absolute Gasteiger partial charge is 0.469 e. The van der Waals surface area contributed by atoms with Crippen LogP contribution in [-0.2, 0) is 9.53 Å². The van der Waals surface area contributed by atoms with Crippen molar-refractivity contribution in [3.05, 3.63) is 0 Å². The lowest BCUT2D eigenvalue weighted by Crippen LogP contribution is -2.21. The fourth-order valence-electron chi connectivity index (χ4n) is 1.64. The highest BCUT2D eigenvalue weighted by Gasteiger charge is 2.21. The second-order valence-corrected chi connectivity index (χ2v) is 3.45. The van der Waals surface area contributed by atoms with Gasteiger partial charge in [0.25, 0.3) is 0 Å². The first-order valence-electron chi connectivity index (χ1n) is 4.50. The van der Waals surface area contributed by atoms with Gasteiger partial charge in [0.2, 0.25) is 0 Å². The summed E-state index contributed by atoms with van der Waals surface area (Å²) in [6.07, 6.45) is 3.04. The Morgan fingerprint density at radius 3 is 2.83 bits per heavy atom. The van der Waals surface area contributed by atoms with Crippen molar-refractivity contribution in [2.75, 3.05) is 27.2 Å². The number of likely N-dealkylation sites (tertiary alicyclic amines) is 1. The lowest BCUT2D eigenvalue weighted by molar-refractivity contribution is -0.145. The minimum absolute atomic E-state index is 0.0368. The molecule has 3 nitrogen and oxygen atoms in total. The molecule has 0 aliphatic carbocycles. The van der Waals surface area contributed by atoms with Gasteiger partial charge in [-0.05, 0) is 39.4 Å². The van der Waals surface area contributed by atoms with E-state index in [0.717, 1.165) is 32.4 Å². The Morgan fingerprint density at radius 2 is 2.17 bits per heavy atom. The molecule has 1 rings (SSSR count). The highest BCUT2D eigenvalue weighted by Crippen LogP contribution is 2.17. The van der Waals surface area contributed by atoms with E-state index >= 15 is 0 Å². The molecule has 1 atom stereocenters. The lowest BCUT2D eigenvalue weighted by atomic mass is 10.0. The molecule has 1 unspecified atom stereocenters. The number of hydrogen-bond acceptors (Lipinski definition) is 3. The third-order valence-electron chi connectivity index (χ3n) is 2.49. The number of ether oxygens (including phenoxy) is 1. The number of esters is 1. The summed E-state index contributed by atoms with van der Waals surface area (Å²) in [5.41, 5.74) is 0. The third-order valence-corrected chi connectivity index (χ3v) is 2.49. The molecular weight excluding hydrogens is 154 g/mol. The van der Waals surface area contributed by atoms with Gasteiger partial charge in [-0.3, -0.25) is 4.79 Å². The number of carbonyl (C=O) groups excluding carboxylic acids is 1. The number of hydrogen-bond donors (Lipinski definition) is 0. The van der Waals surface area contributed by atoms with E-state index in [1.54, 1.807) is 0 Å². The van der Waals surface area contributed by atoms with Gasteiger partial charge in [-0.25, -0.2) is 0 Å². The van der Waals surface area contributed by atoms with Crippen molar-refractivity contribution in [3.63, 3.8) is 0 Å². The Hall–Kier alpha value is -0.570. The van der Waals surface area contributed by atoms with Crippen molar-refractivity contribution in [2.24, 2.45) is 5.92 Å². The van der Waals surface area contributed by atoms with E-state index in [9.17, 15) is 4.79 Å². The first-order chi connectivity index (χ1) is 5.74. The number of nitrogens with zero attached hydrogens (tertiary/aromatic N) is 1. The van der Waals surface area contributed by atoms with Gasteiger partial charge in [-0.15, -0.1) is 0 Å². The van der Waals surface area contributed by atoms with E-state index in [-0.39, 0.29) is 11.9 Å². The molecule has 1 aliphatic heterocycles. The average Bonchev–Trinajstić information content (AvgIpc) is 2.29. The normalized spacial score (nSPS) is 26.3. The van der Waals surface area contributed by atoms with Crippen LogP contribution >= 0.6 is 0 Å². The first-order valence-corrected chi connectivity index (χ1v) is 4.50. The number of methoxy groups -OCH3 is 1. The standard InChI is InChI=1S/C9H17NO2/c1-10-6-3-4-8(5-7-10)9(11)12-2/h8H,3-7H2,1-2H3. The predicted octanol–water partition coefficient (Wildman–Crippen LogP) is 0.891. The molecule has 0 N–H and O–H groups in total. The van der Waals surface area contributed by atoms with Gasteiger partial charge in [0.05, 0.1) is 13.0 Å². The van der Waals surface area contributed by atoms with Gasteiger partial charge < -0.3 is 9.64 Å². The minimum Gasteiger partial charge on any atom is -0.469 e. The molecule has 1 saturated heterocycles. The Morgan fingerprint density at radius 1 is 1.42 bits per heavy atom. The highest BCUT2D eigenvalue weighted by atomic mass is 16.5. The third kappa shape index (κ3) is 2.48. The van der Waals surface area contributed by atoms with Crippen LogP contribution < -0.4 is 0 Å². The molecule has 0 radical (unpaired) electrons. The molecule has 0 saturated carbocycles. The van der Waals surface area contributed by atoms with Crippen LogP contribution in [0.25, 0.3) is 0 Å². The maximum atomic E-state index is 11.2. The zero-order valence-corrected chi connectivity index (χ0v) is 7.88. The molecule has 70 valence electrons. The summed E-state index contributed by atoms with van der Waals surface area (Å²) in [5, 5.41) is 0. The van der Waals surface area contributed by atoms with E-state index in [1.165, 1.54) is 7.11 Å². The second kappa shape index (κ2) is 4.45. The monoisotopic (exact) mass is 171 g/mol. The fourth-order valence-corrected chi connectivity index (χ4v) is 1.64. The van der Waals surface area contributed by atoms with E-state index in [1.807, 2.05) is 0 Å². The number of rotatable bonds is 1. The van der Waals surface area contributed by atoms with E-state index in [0.29, 0.717) is 0 Å². The van der Waals surface area contributed by atoms with Gasteiger partial charge in [0.15, 0.2) is 0 Å². The maximum absolute atomic E-state index is 11.2. The fraction of sp³-hybridized carbons (Fsp3) is 0.889. The zero-order valence-electron chi connectivity index (χ0n) is 7.88. The summed E-state index contributed by atoms with van der Waals surface area (Å²) in [6.45, 7) is 2.12. The Bertz CT molecular complexity index is 159. The average molecular weight is 171 g/mol. The predicted molar refractivity (Wildman–Crippen MR) is 46.9 cm³/mol. The van der Waals surface area contributed by atoms with Crippen LogP contribution in [0.4, 0.5) is 0 Å². The summed E-state index contributed by atoms with van der Waals surface area (Å²) in [5.74, 6) is 0.102. The Kier molecular flexibility index (Phi) is 3.53. The van der Waals surface area contributed by atoms with Crippen molar-refractivity contribution in [3.8, 4) is 0 Å². The van der Waals surface area contributed by atoms with Crippen LogP contribution in [0.2, 0.25) is 0 Å². The van der Waals surface area contributed by atoms with E-state index in [2.05, 4.69) is 11.9 Å². The van der Waals surface area contributed by atoms with Gasteiger partial charge in [0, 0.05) is 0 Å². The minimum atomic E-state index is -0.0368. The van der Waals surface area contributed by atoms with Crippen LogP contribution in [0.15, 0.2) is 0 Å². The molecule has 0 amide bonds. The molecule has 12 heavy (non-hydrogen) atoms. The van der Waals surface area contributed by atoms with Crippen molar-refractivity contribution < 1.29 is 9.53 Å². The first kappa shape index (κ1) is 9.52. The van der Waals surface area contributed by atoms with Gasteiger partial charge in [-0.2, -0.15) is 0 Å². The topological polar surface area (TPSA) is 29.5 Å². The molecule has 0 aromatic heterocycles. The summed E-state index contributed by atoms with van der Waals surface area (Å²) in [6, 6.07) is 0. The molecule has 0 bridgehead atoms. The molecule has 1 fully saturated rings. The molecule has 0 spiro atoms. The molecule has 0 aromatic rings. The van der Waals surface area contributed by atoms with E-state index < -0.39 is 0 Å². The summed E-state index contributed by atoms with van der Waals surface area (Å²) >= 11 is 0. The van der Waals surface area contributed by atoms with Gasteiger partial charge in [-0.1, -0.05) is 0 Å². The molecular formula is C9H17NO2. The zero-order chi connectivity index (χ0) is 8.97. The summed E-state index contributed by atoms with van der Waals surface area (Å²) in [7, 11) is 3.57. The SMILES string of the molecule is COC(=O)C1CCCN(C)CC1. The van der Waals surface area contributed by atoms with Crippen LogP contribution in [-0.4, -0.2) is 38.1 Å².